The minimum atomic E-state index is -0.433. The Kier molecular flexibility index (Phi) is 4.63. The first-order chi connectivity index (χ1) is 12.2. The second kappa shape index (κ2) is 7.06. The van der Waals surface area contributed by atoms with Crippen LogP contribution in [-0.2, 0) is 17.8 Å². The molecule has 25 heavy (non-hydrogen) atoms. The van der Waals surface area contributed by atoms with Gasteiger partial charge in [0, 0.05) is 25.6 Å². The van der Waals surface area contributed by atoms with Gasteiger partial charge in [-0.3, -0.25) is 4.79 Å². The predicted molar refractivity (Wildman–Crippen MR) is 92.8 cm³/mol. The molecule has 3 aliphatic rings. The maximum absolute atomic E-state index is 13.0. The maximum atomic E-state index is 13.0. The zero-order valence-electron chi connectivity index (χ0n) is 14.7. The first kappa shape index (κ1) is 16.4. The highest BCUT2D eigenvalue weighted by atomic mass is 16.2. The number of rotatable bonds is 2. The summed E-state index contributed by atoms with van der Waals surface area (Å²) < 4.78 is 0. The fraction of sp³-hybridized carbons (Fsp3) is 0.722. The molecule has 1 saturated heterocycles. The van der Waals surface area contributed by atoms with Crippen molar-refractivity contribution in [2.45, 2.75) is 70.0 Å². The number of carbonyl (C=O) groups excluding carboxylic acids is 2. The molecule has 1 atom stereocenters. The Morgan fingerprint density at radius 3 is 2.64 bits per heavy atom. The Labute approximate surface area is 148 Å². The highest BCUT2D eigenvalue weighted by Gasteiger charge is 2.39. The summed E-state index contributed by atoms with van der Waals surface area (Å²) in [6.07, 6.45) is 9.96. The SMILES string of the molecule is O=C([C@@H]1Cc2nc[nH]c2CN1C(=O)NC1CCCCC1)N1CCCC1. The van der Waals surface area contributed by atoms with E-state index in [1.165, 1.54) is 19.3 Å². The number of urea groups is 1. The highest BCUT2D eigenvalue weighted by Crippen LogP contribution is 2.24. The van der Waals surface area contributed by atoms with Crippen molar-refractivity contribution in [3.05, 3.63) is 17.7 Å². The van der Waals surface area contributed by atoms with Crippen LogP contribution >= 0.6 is 0 Å². The van der Waals surface area contributed by atoms with Gasteiger partial charge in [-0.05, 0) is 25.7 Å². The summed E-state index contributed by atoms with van der Waals surface area (Å²) in [7, 11) is 0. The summed E-state index contributed by atoms with van der Waals surface area (Å²) >= 11 is 0. The second-order valence-electron chi connectivity index (χ2n) is 7.49. The van der Waals surface area contributed by atoms with E-state index in [0.29, 0.717) is 13.0 Å². The largest absolute Gasteiger partial charge is 0.347 e. The first-order valence-corrected chi connectivity index (χ1v) is 9.59. The molecule has 1 aliphatic carbocycles. The molecule has 0 bridgehead atoms. The van der Waals surface area contributed by atoms with Gasteiger partial charge in [-0.25, -0.2) is 9.78 Å². The number of amides is 3. The number of aromatic amines is 1. The summed E-state index contributed by atoms with van der Waals surface area (Å²) in [6, 6.07) is -0.297. The Morgan fingerprint density at radius 2 is 1.88 bits per heavy atom. The van der Waals surface area contributed by atoms with Crippen LogP contribution in [0.5, 0.6) is 0 Å². The molecule has 7 nitrogen and oxygen atoms in total. The van der Waals surface area contributed by atoms with Gasteiger partial charge in [0.1, 0.15) is 6.04 Å². The van der Waals surface area contributed by atoms with E-state index in [2.05, 4.69) is 15.3 Å². The third-order valence-corrected chi connectivity index (χ3v) is 5.80. The summed E-state index contributed by atoms with van der Waals surface area (Å²) in [5.74, 6) is 0.0740. The molecule has 2 aliphatic heterocycles. The molecule has 0 unspecified atom stereocenters. The van der Waals surface area contributed by atoms with E-state index >= 15 is 0 Å². The minimum absolute atomic E-state index is 0.0740. The van der Waals surface area contributed by atoms with Crippen molar-refractivity contribution in [3.63, 3.8) is 0 Å². The molecule has 0 spiro atoms. The van der Waals surface area contributed by atoms with Crippen molar-refractivity contribution >= 4 is 11.9 Å². The lowest BCUT2D eigenvalue weighted by molar-refractivity contribution is -0.135. The van der Waals surface area contributed by atoms with Gasteiger partial charge in [0.15, 0.2) is 0 Å². The van der Waals surface area contributed by atoms with Crippen LogP contribution in [0, 0.1) is 0 Å². The lowest BCUT2D eigenvalue weighted by Crippen LogP contribution is -2.57. The van der Waals surface area contributed by atoms with Crippen LogP contribution in [0.25, 0.3) is 0 Å². The monoisotopic (exact) mass is 345 g/mol. The lowest BCUT2D eigenvalue weighted by Gasteiger charge is -2.37. The third-order valence-electron chi connectivity index (χ3n) is 5.80. The summed E-state index contributed by atoms with van der Waals surface area (Å²) in [5.41, 5.74) is 1.86. The fourth-order valence-corrected chi connectivity index (χ4v) is 4.32. The number of likely N-dealkylation sites (tertiary alicyclic amines) is 1. The Morgan fingerprint density at radius 1 is 1.12 bits per heavy atom. The van der Waals surface area contributed by atoms with Crippen molar-refractivity contribution in [1.29, 1.82) is 0 Å². The van der Waals surface area contributed by atoms with Crippen LogP contribution in [0.15, 0.2) is 6.33 Å². The third kappa shape index (κ3) is 3.37. The molecule has 1 aromatic heterocycles. The van der Waals surface area contributed by atoms with Crippen LogP contribution < -0.4 is 5.32 Å². The quantitative estimate of drug-likeness (QED) is 0.857. The fourth-order valence-electron chi connectivity index (χ4n) is 4.32. The molecule has 3 heterocycles. The first-order valence-electron chi connectivity index (χ1n) is 9.59. The smallest absolute Gasteiger partial charge is 0.318 e. The standard InChI is InChI=1S/C18H27N5O2/c24-17(22-8-4-5-9-22)16-10-14-15(20-12-19-14)11-23(16)18(25)21-13-6-2-1-3-7-13/h12-13,16H,1-11H2,(H,19,20)(H,21,25)/t16-/m0/s1. The highest BCUT2D eigenvalue weighted by molar-refractivity contribution is 5.88. The van der Waals surface area contributed by atoms with Crippen LogP contribution in [0.4, 0.5) is 4.79 Å². The van der Waals surface area contributed by atoms with Crippen molar-refractivity contribution in [3.8, 4) is 0 Å². The van der Waals surface area contributed by atoms with Crippen LogP contribution in [0.3, 0.4) is 0 Å². The second-order valence-corrected chi connectivity index (χ2v) is 7.49. The topological polar surface area (TPSA) is 81.3 Å². The van der Waals surface area contributed by atoms with Crippen molar-refractivity contribution < 1.29 is 9.59 Å². The van der Waals surface area contributed by atoms with E-state index in [9.17, 15) is 9.59 Å². The number of nitrogens with one attached hydrogen (secondary N) is 2. The van der Waals surface area contributed by atoms with E-state index in [1.54, 1.807) is 11.2 Å². The molecule has 2 fully saturated rings. The molecule has 7 heteroatoms. The molecule has 0 aromatic carbocycles. The number of carbonyl (C=O) groups is 2. The number of imidazole rings is 1. The summed E-state index contributed by atoms with van der Waals surface area (Å²) in [4.78, 5) is 37.0. The van der Waals surface area contributed by atoms with Gasteiger partial charge >= 0.3 is 6.03 Å². The lowest BCUT2D eigenvalue weighted by atomic mass is 9.95. The van der Waals surface area contributed by atoms with E-state index in [4.69, 9.17) is 0 Å². The van der Waals surface area contributed by atoms with Gasteiger partial charge in [0.2, 0.25) is 5.91 Å². The van der Waals surface area contributed by atoms with Gasteiger partial charge in [-0.15, -0.1) is 0 Å². The van der Waals surface area contributed by atoms with Gasteiger partial charge < -0.3 is 20.1 Å². The zero-order chi connectivity index (χ0) is 17.2. The number of fused-ring (bicyclic) bond motifs is 1. The van der Waals surface area contributed by atoms with Gasteiger partial charge in [0.25, 0.3) is 0 Å². The molecule has 1 saturated carbocycles. The average Bonchev–Trinajstić information content (AvgIpc) is 3.32. The van der Waals surface area contributed by atoms with E-state index in [1.807, 2.05) is 4.90 Å². The predicted octanol–water partition coefficient (Wildman–Crippen LogP) is 1.80. The molecule has 1 aromatic rings. The molecular weight excluding hydrogens is 318 g/mol. The van der Waals surface area contributed by atoms with Gasteiger partial charge in [0.05, 0.1) is 24.3 Å². The summed E-state index contributed by atoms with van der Waals surface area (Å²) in [6.45, 7) is 2.04. The number of hydrogen-bond acceptors (Lipinski definition) is 3. The van der Waals surface area contributed by atoms with E-state index in [0.717, 1.165) is 50.2 Å². The molecule has 2 N–H and O–H groups in total. The number of aromatic nitrogens is 2. The van der Waals surface area contributed by atoms with Crippen molar-refractivity contribution in [2.75, 3.05) is 13.1 Å². The number of hydrogen-bond donors (Lipinski definition) is 2. The van der Waals surface area contributed by atoms with Crippen LogP contribution in [0.1, 0.15) is 56.3 Å². The molecule has 3 amide bonds. The molecule has 4 rings (SSSR count). The molecular formula is C18H27N5O2. The van der Waals surface area contributed by atoms with Crippen LogP contribution in [0.2, 0.25) is 0 Å². The number of H-pyrrole nitrogens is 1. The Balaban J connectivity index is 1.51. The zero-order valence-corrected chi connectivity index (χ0v) is 14.7. The Bertz CT molecular complexity index is 631. The minimum Gasteiger partial charge on any atom is -0.347 e. The van der Waals surface area contributed by atoms with Gasteiger partial charge in [-0.1, -0.05) is 19.3 Å². The van der Waals surface area contributed by atoms with Crippen molar-refractivity contribution in [2.24, 2.45) is 0 Å². The number of nitrogens with zero attached hydrogens (tertiary/aromatic N) is 3. The average molecular weight is 345 g/mol. The van der Waals surface area contributed by atoms with E-state index in [-0.39, 0.29) is 18.0 Å². The van der Waals surface area contributed by atoms with E-state index < -0.39 is 6.04 Å². The Hall–Kier alpha value is -2.05. The molecule has 136 valence electrons. The maximum Gasteiger partial charge on any atom is 0.318 e. The summed E-state index contributed by atoms with van der Waals surface area (Å²) in [5, 5.41) is 3.17. The molecule has 0 radical (unpaired) electrons. The van der Waals surface area contributed by atoms with Crippen LogP contribution in [-0.4, -0.2) is 56.9 Å². The van der Waals surface area contributed by atoms with Gasteiger partial charge in [-0.2, -0.15) is 0 Å². The normalized spacial score (nSPS) is 24.2. The van der Waals surface area contributed by atoms with Crippen molar-refractivity contribution in [1.82, 2.24) is 25.1 Å².